The van der Waals surface area contributed by atoms with Gasteiger partial charge in [-0.05, 0) is 43.4 Å². The highest BCUT2D eigenvalue weighted by atomic mass is 16.1. The number of hydrogen-bond acceptors (Lipinski definition) is 2. The minimum absolute atomic E-state index is 0.0241. The first-order chi connectivity index (χ1) is 9.74. The number of rotatable bonds is 4. The van der Waals surface area contributed by atoms with E-state index >= 15 is 0 Å². The molecule has 20 heavy (non-hydrogen) atoms. The number of nitrogens with zero attached hydrogens (tertiary/aromatic N) is 1. The number of benzene rings is 1. The van der Waals surface area contributed by atoms with Crippen molar-refractivity contribution in [2.75, 3.05) is 0 Å². The fourth-order valence-corrected chi connectivity index (χ4v) is 3.04. The number of pyridine rings is 1. The third kappa shape index (κ3) is 2.64. The van der Waals surface area contributed by atoms with E-state index in [2.05, 4.69) is 42.2 Å². The Bertz CT molecular complexity index is 633. The second-order valence-corrected chi connectivity index (χ2v) is 5.59. The minimum atomic E-state index is 0.0241. The minimum Gasteiger partial charge on any atom is -0.299 e. The van der Waals surface area contributed by atoms with Crippen LogP contribution < -0.4 is 0 Å². The highest BCUT2D eigenvalue weighted by Gasteiger charge is 2.28. The Balaban J connectivity index is 1.66. The molecule has 1 unspecified atom stereocenters. The van der Waals surface area contributed by atoms with Crippen molar-refractivity contribution in [3.8, 4) is 0 Å². The summed E-state index contributed by atoms with van der Waals surface area (Å²) in [5, 5.41) is 0. The maximum Gasteiger partial charge on any atom is 0.142 e. The van der Waals surface area contributed by atoms with Gasteiger partial charge in [0.1, 0.15) is 5.78 Å². The van der Waals surface area contributed by atoms with Crippen molar-refractivity contribution < 1.29 is 4.79 Å². The number of ketones is 1. The summed E-state index contributed by atoms with van der Waals surface area (Å²) in [6, 6.07) is 12.5. The van der Waals surface area contributed by atoms with Crippen LogP contribution in [0, 0.1) is 6.92 Å². The third-order valence-electron chi connectivity index (χ3n) is 4.09. The van der Waals surface area contributed by atoms with Crippen LogP contribution in [0.5, 0.6) is 0 Å². The van der Waals surface area contributed by atoms with Crippen molar-refractivity contribution in [2.24, 2.45) is 0 Å². The first-order valence-electron chi connectivity index (χ1n) is 7.26. The molecule has 2 heteroatoms. The van der Waals surface area contributed by atoms with Crippen molar-refractivity contribution in [2.45, 2.75) is 38.5 Å². The lowest BCUT2D eigenvalue weighted by atomic mass is 9.95. The van der Waals surface area contributed by atoms with E-state index in [1.165, 1.54) is 16.7 Å². The van der Waals surface area contributed by atoms with Crippen LogP contribution in [0.1, 0.15) is 41.1 Å². The standard InChI is InChI=1S/C18H19NO/c1-13-4-2-5-14(12-13)7-10-17(20)16-9-8-15-6-3-11-19-18(15)16/h2-6,11-12,16H,7-10H2,1H3. The van der Waals surface area contributed by atoms with Crippen molar-refractivity contribution in [1.82, 2.24) is 4.98 Å². The van der Waals surface area contributed by atoms with Crippen molar-refractivity contribution in [3.05, 3.63) is 65.0 Å². The zero-order valence-corrected chi connectivity index (χ0v) is 11.8. The second kappa shape index (κ2) is 5.58. The normalized spacial score (nSPS) is 16.9. The monoisotopic (exact) mass is 265 g/mol. The molecule has 1 heterocycles. The van der Waals surface area contributed by atoms with Gasteiger partial charge in [0.05, 0.1) is 11.6 Å². The van der Waals surface area contributed by atoms with Crippen LogP contribution in [0.2, 0.25) is 0 Å². The van der Waals surface area contributed by atoms with Crippen LogP contribution in [0.15, 0.2) is 42.6 Å². The molecule has 1 aromatic heterocycles. The maximum absolute atomic E-state index is 12.4. The number of hydrogen-bond donors (Lipinski definition) is 0. The molecule has 0 saturated heterocycles. The molecule has 2 nitrogen and oxygen atoms in total. The molecular weight excluding hydrogens is 246 g/mol. The topological polar surface area (TPSA) is 30.0 Å². The molecule has 0 N–H and O–H groups in total. The summed E-state index contributed by atoms with van der Waals surface area (Å²) in [5.41, 5.74) is 4.77. The predicted octanol–water partition coefficient (Wildman–Crippen LogP) is 3.62. The number of aromatic nitrogens is 1. The summed E-state index contributed by atoms with van der Waals surface area (Å²) in [5.74, 6) is 0.361. The quantitative estimate of drug-likeness (QED) is 0.845. The van der Waals surface area contributed by atoms with E-state index in [1.807, 2.05) is 6.07 Å². The van der Waals surface area contributed by atoms with Crippen LogP contribution in [-0.4, -0.2) is 10.8 Å². The highest BCUT2D eigenvalue weighted by Crippen LogP contribution is 2.32. The van der Waals surface area contributed by atoms with Gasteiger partial charge < -0.3 is 0 Å². The fourth-order valence-electron chi connectivity index (χ4n) is 3.04. The third-order valence-corrected chi connectivity index (χ3v) is 4.09. The van der Waals surface area contributed by atoms with Crippen LogP contribution in [0.25, 0.3) is 0 Å². The number of fused-ring (bicyclic) bond motifs is 1. The van der Waals surface area contributed by atoms with E-state index in [9.17, 15) is 4.79 Å². The summed E-state index contributed by atoms with van der Waals surface area (Å²) < 4.78 is 0. The number of Topliss-reactive ketones (excluding diaryl/α,β-unsaturated/α-hetero) is 1. The molecule has 0 aliphatic heterocycles. The molecule has 1 aliphatic rings. The van der Waals surface area contributed by atoms with Gasteiger partial charge in [-0.15, -0.1) is 0 Å². The summed E-state index contributed by atoms with van der Waals surface area (Å²) >= 11 is 0. The van der Waals surface area contributed by atoms with Gasteiger partial charge in [-0.2, -0.15) is 0 Å². The zero-order chi connectivity index (χ0) is 13.9. The van der Waals surface area contributed by atoms with Gasteiger partial charge >= 0.3 is 0 Å². The van der Waals surface area contributed by atoms with Crippen molar-refractivity contribution >= 4 is 5.78 Å². The van der Waals surface area contributed by atoms with Crippen molar-refractivity contribution in [1.29, 1.82) is 0 Å². The van der Waals surface area contributed by atoms with E-state index in [0.29, 0.717) is 12.2 Å². The van der Waals surface area contributed by atoms with Gasteiger partial charge in [-0.3, -0.25) is 9.78 Å². The number of aryl methyl sites for hydroxylation is 3. The molecule has 3 rings (SSSR count). The van der Waals surface area contributed by atoms with Gasteiger partial charge in [0.15, 0.2) is 0 Å². The van der Waals surface area contributed by atoms with E-state index in [-0.39, 0.29) is 5.92 Å². The Morgan fingerprint density at radius 1 is 1.30 bits per heavy atom. The van der Waals surface area contributed by atoms with Gasteiger partial charge in [0.2, 0.25) is 0 Å². The average molecular weight is 265 g/mol. The molecule has 2 aromatic rings. The van der Waals surface area contributed by atoms with Gasteiger partial charge in [0.25, 0.3) is 0 Å². The lowest BCUT2D eigenvalue weighted by Gasteiger charge is -2.09. The van der Waals surface area contributed by atoms with Gasteiger partial charge in [-0.1, -0.05) is 35.9 Å². The summed E-state index contributed by atoms with van der Waals surface area (Å²) in [7, 11) is 0. The Kier molecular flexibility index (Phi) is 3.64. The van der Waals surface area contributed by atoms with E-state index in [4.69, 9.17) is 0 Å². The van der Waals surface area contributed by atoms with Crippen LogP contribution in [-0.2, 0) is 17.6 Å². The fraction of sp³-hybridized carbons (Fsp3) is 0.333. The molecule has 1 aromatic carbocycles. The number of carbonyl (C=O) groups is 1. The number of carbonyl (C=O) groups excluding carboxylic acids is 1. The largest absolute Gasteiger partial charge is 0.299 e. The highest BCUT2D eigenvalue weighted by molar-refractivity contribution is 5.86. The Labute approximate surface area is 119 Å². The summed E-state index contributed by atoms with van der Waals surface area (Å²) in [6.45, 7) is 2.09. The van der Waals surface area contributed by atoms with Gasteiger partial charge in [0, 0.05) is 12.6 Å². The molecule has 0 bridgehead atoms. The Morgan fingerprint density at radius 2 is 2.20 bits per heavy atom. The van der Waals surface area contributed by atoms with E-state index in [1.54, 1.807) is 6.20 Å². The Hall–Kier alpha value is -1.96. The molecule has 1 atom stereocenters. The Morgan fingerprint density at radius 3 is 3.05 bits per heavy atom. The maximum atomic E-state index is 12.4. The predicted molar refractivity (Wildman–Crippen MR) is 79.8 cm³/mol. The molecular formula is C18H19NO. The molecule has 1 aliphatic carbocycles. The summed E-state index contributed by atoms with van der Waals surface area (Å²) in [4.78, 5) is 16.8. The lowest BCUT2D eigenvalue weighted by Crippen LogP contribution is -2.11. The van der Waals surface area contributed by atoms with E-state index in [0.717, 1.165) is 25.0 Å². The first-order valence-corrected chi connectivity index (χ1v) is 7.26. The smallest absolute Gasteiger partial charge is 0.142 e. The average Bonchev–Trinajstić information content (AvgIpc) is 2.89. The molecule has 0 amide bonds. The molecule has 0 radical (unpaired) electrons. The SMILES string of the molecule is Cc1cccc(CCC(=O)C2CCc3cccnc32)c1. The van der Waals surface area contributed by atoms with E-state index < -0.39 is 0 Å². The lowest BCUT2D eigenvalue weighted by molar-refractivity contribution is -0.120. The molecule has 0 fully saturated rings. The van der Waals surface area contributed by atoms with Crippen LogP contribution in [0.4, 0.5) is 0 Å². The van der Waals surface area contributed by atoms with Crippen LogP contribution in [0.3, 0.4) is 0 Å². The van der Waals surface area contributed by atoms with Gasteiger partial charge in [-0.25, -0.2) is 0 Å². The first kappa shape index (κ1) is 13.0. The molecule has 0 saturated carbocycles. The molecule has 102 valence electrons. The van der Waals surface area contributed by atoms with Crippen LogP contribution >= 0.6 is 0 Å². The summed E-state index contributed by atoms with van der Waals surface area (Å²) in [6.07, 6.45) is 5.16. The van der Waals surface area contributed by atoms with Crippen molar-refractivity contribution in [3.63, 3.8) is 0 Å². The zero-order valence-electron chi connectivity index (χ0n) is 11.8. The second-order valence-electron chi connectivity index (χ2n) is 5.59. The molecule has 0 spiro atoms.